The Kier molecular flexibility index (Phi) is 2.66. The number of esters is 1. The fourth-order valence-electron chi connectivity index (χ4n) is 4.86. The number of hydrogen-bond acceptors (Lipinski definition) is 3. The van der Waals surface area contributed by atoms with Crippen LogP contribution in [-0.4, -0.2) is 29.7 Å². The smallest absolute Gasteiger partial charge is 0.373 e. The maximum Gasteiger partial charge on any atom is 0.373 e. The number of aliphatic hydroxyl groups is 1. The van der Waals surface area contributed by atoms with E-state index < -0.39 is 18.0 Å². The van der Waals surface area contributed by atoms with E-state index in [1.807, 2.05) is 0 Å². The van der Waals surface area contributed by atoms with E-state index in [0.717, 1.165) is 32.1 Å². The van der Waals surface area contributed by atoms with Crippen LogP contribution in [0.4, 0.5) is 8.78 Å². The summed E-state index contributed by atoms with van der Waals surface area (Å²) in [5.74, 6) is -0.485. The Morgan fingerprint density at radius 2 is 1.89 bits per heavy atom. The SMILES string of the molecule is O=C(OCC12CC3CC(CC(O)(C3)C1)C2)C(F)F. The Labute approximate surface area is 105 Å². The fourth-order valence-corrected chi connectivity index (χ4v) is 4.86. The maximum absolute atomic E-state index is 12.1. The van der Waals surface area contributed by atoms with E-state index in [1.54, 1.807) is 0 Å². The molecule has 102 valence electrons. The van der Waals surface area contributed by atoms with Gasteiger partial charge in [0.25, 0.3) is 0 Å². The molecule has 4 bridgehead atoms. The topological polar surface area (TPSA) is 46.5 Å². The minimum atomic E-state index is -3.05. The van der Waals surface area contributed by atoms with Crippen molar-refractivity contribution in [2.24, 2.45) is 17.3 Å². The second-order valence-electron chi connectivity index (χ2n) is 6.59. The van der Waals surface area contributed by atoms with Crippen LogP contribution < -0.4 is 0 Å². The van der Waals surface area contributed by atoms with E-state index in [2.05, 4.69) is 0 Å². The Morgan fingerprint density at radius 1 is 1.28 bits per heavy atom. The molecule has 4 aliphatic rings. The molecule has 0 aliphatic heterocycles. The first-order valence-electron chi connectivity index (χ1n) is 6.57. The fraction of sp³-hybridized carbons (Fsp3) is 0.923. The van der Waals surface area contributed by atoms with Gasteiger partial charge in [-0.1, -0.05) is 0 Å². The predicted octanol–water partition coefficient (Wildman–Crippen LogP) is 2.13. The maximum atomic E-state index is 12.1. The molecule has 5 heteroatoms. The molecule has 0 aromatic heterocycles. The minimum Gasteiger partial charge on any atom is -0.461 e. The summed E-state index contributed by atoms with van der Waals surface area (Å²) in [5, 5.41) is 10.5. The van der Waals surface area contributed by atoms with Crippen molar-refractivity contribution in [3.8, 4) is 0 Å². The molecule has 3 nitrogen and oxygen atoms in total. The predicted molar refractivity (Wildman–Crippen MR) is 59.0 cm³/mol. The number of halogens is 2. The molecule has 0 heterocycles. The molecule has 4 aliphatic carbocycles. The second kappa shape index (κ2) is 3.89. The third kappa shape index (κ3) is 2.02. The highest BCUT2D eigenvalue weighted by atomic mass is 19.3. The van der Waals surface area contributed by atoms with Gasteiger partial charge in [0.05, 0.1) is 12.2 Å². The molecule has 2 atom stereocenters. The largest absolute Gasteiger partial charge is 0.461 e. The molecule has 0 spiro atoms. The highest BCUT2D eigenvalue weighted by molar-refractivity contribution is 5.72. The zero-order valence-electron chi connectivity index (χ0n) is 10.2. The van der Waals surface area contributed by atoms with Gasteiger partial charge in [-0.2, -0.15) is 8.78 Å². The van der Waals surface area contributed by atoms with Gasteiger partial charge in [0.1, 0.15) is 0 Å². The van der Waals surface area contributed by atoms with E-state index in [4.69, 9.17) is 4.74 Å². The molecule has 2 unspecified atom stereocenters. The highest BCUT2D eigenvalue weighted by Gasteiger charge is 2.57. The summed E-state index contributed by atoms with van der Waals surface area (Å²) in [4.78, 5) is 10.9. The average Bonchev–Trinajstić information content (AvgIpc) is 2.22. The Morgan fingerprint density at radius 3 is 2.39 bits per heavy atom. The Balaban J connectivity index is 1.70. The number of rotatable bonds is 3. The van der Waals surface area contributed by atoms with Crippen molar-refractivity contribution in [1.29, 1.82) is 0 Å². The monoisotopic (exact) mass is 260 g/mol. The number of carbonyl (C=O) groups is 1. The van der Waals surface area contributed by atoms with Crippen LogP contribution in [0.1, 0.15) is 38.5 Å². The molecule has 4 rings (SSSR count). The summed E-state index contributed by atoms with van der Waals surface area (Å²) in [6.45, 7) is 0.0471. The van der Waals surface area contributed by atoms with Crippen molar-refractivity contribution < 1.29 is 23.4 Å². The third-order valence-corrected chi connectivity index (χ3v) is 4.85. The van der Waals surface area contributed by atoms with Crippen LogP contribution in [0.15, 0.2) is 0 Å². The third-order valence-electron chi connectivity index (χ3n) is 4.85. The van der Waals surface area contributed by atoms with Crippen molar-refractivity contribution in [2.45, 2.75) is 50.6 Å². The zero-order valence-corrected chi connectivity index (χ0v) is 10.2. The highest BCUT2D eigenvalue weighted by Crippen LogP contribution is 2.61. The summed E-state index contributed by atoms with van der Waals surface area (Å²) in [6.07, 6.45) is 2.14. The van der Waals surface area contributed by atoms with E-state index in [-0.39, 0.29) is 12.0 Å². The Hall–Kier alpha value is -0.710. The summed E-state index contributed by atoms with van der Waals surface area (Å²) < 4.78 is 29.0. The minimum absolute atomic E-state index is 0.0471. The van der Waals surface area contributed by atoms with Gasteiger partial charge in [-0.3, -0.25) is 0 Å². The van der Waals surface area contributed by atoms with E-state index >= 15 is 0 Å². The molecule has 18 heavy (non-hydrogen) atoms. The lowest BCUT2D eigenvalue weighted by molar-refractivity contribution is -0.191. The van der Waals surface area contributed by atoms with Gasteiger partial charge in [-0.15, -0.1) is 0 Å². The van der Waals surface area contributed by atoms with Crippen LogP contribution in [0.5, 0.6) is 0 Å². The van der Waals surface area contributed by atoms with Gasteiger partial charge >= 0.3 is 12.4 Å². The van der Waals surface area contributed by atoms with Gasteiger partial charge in [-0.05, 0) is 50.4 Å². The summed E-state index contributed by atoms with van der Waals surface area (Å²) in [5.41, 5.74) is -0.884. The van der Waals surface area contributed by atoms with Crippen molar-refractivity contribution >= 4 is 5.97 Å². The van der Waals surface area contributed by atoms with Crippen LogP contribution in [0.25, 0.3) is 0 Å². The average molecular weight is 260 g/mol. The molecule has 1 N–H and O–H groups in total. The number of hydrogen-bond donors (Lipinski definition) is 1. The summed E-state index contributed by atoms with van der Waals surface area (Å²) in [7, 11) is 0. The lowest BCUT2D eigenvalue weighted by Crippen LogP contribution is -2.57. The molecule has 4 fully saturated rings. The molecular weight excluding hydrogens is 242 g/mol. The van der Waals surface area contributed by atoms with Crippen molar-refractivity contribution in [3.63, 3.8) is 0 Å². The lowest BCUT2D eigenvalue weighted by atomic mass is 9.48. The normalized spacial score (nSPS) is 45.6. The quantitative estimate of drug-likeness (QED) is 0.791. The first kappa shape index (κ1) is 12.3. The van der Waals surface area contributed by atoms with Crippen molar-refractivity contribution in [2.75, 3.05) is 6.61 Å². The van der Waals surface area contributed by atoms with Crippen LogP contribution in [0.2, 0.25) is 0 Å². The lowest BCUT2D eigenvalue weighted by Gasteiger charge is -2.59. The van der Waals surface area contributed by atoms with Crippen LogP contribution >= 0.6 is 0 Å². The summed E-state index contributed by atoms with van der Waals surface area (Å²) >= 11 is 0. The molecule has 0 aromatic carbocycles. The van der Waals surface area contributed by atoms with Crippen LogP contribution in [0, 0.1) is 17.3 Å². The first-order valence-corrected chi connectivity index (χ1v) is 6.57. The van der Waals surface area contributed by atoms with Crippen LogP contribution in [0.3, 0.4) is 0 Å². The van der Waals surface area contributed by atoms with Gasteiger partial charge in [0.15, 0.2) is 0 Å². The molecule has 0 saturated heterocycles. The molecule has 0 aromatic rings. The molecular formula is C13H18F2O3. The molecule has 4 saturated carbocycles. The molecule has 0 amide bonds. The van der Waals surface area contributed by atoms with Gasteiger partial charge in [0, 0.05) is 5.41 Å². The standard InChI is InChI=1S/C13H18F2O3/c14-10(15)11(16)18-7-12-2-8-1-9(3-12)5-13(17,4-8)6-12/h8-10,17H,1-7H2. The number of alkyl halides is 2. The van der Waals surface area contributed by atoms with Crippen LogP contribution in [-0.2, 0) is 9.53 Å². The van der Waals surface area contributed by atoms with E-state index in [9.17, 15) is 18.7 Å². The van der Waals surface area contributed by atoms with E-state index in [1.165, 1.54) is 0 Å². The number of carbonyl (C=O) groups excluding carboxylic acids is 1. The Bertz CT molecular complexity index is 355. The van der Waals surface area contributed by atoms with Gasteiger partial charge < -0.3 is 9.84 Å². The summed E-state index contributed by atoms with van der Waals surface area (Å²) in [6, 6.07) is 0. The number of ether oxygens (including phenoxy) is 1. The van der Waals surface area contributed by atoms with Crippen molar-refractivity contribution in [1.82, 2.24) is 0 Å². The zero-order chi connectivity index (χ0) is 13.0. The van der Waals surface area contributed by atoms with Gasteiger partial charge in [-0.25, -0.2) is 4.79 Å². The second-order valence-corrected chi connectivity index (χ2v) is 6.59. The van der Waals surface area contributed by atoms with E-state index in [0.29, 0.717) is 18.3 Å². The van der Waals surface area contributed by atoms with Crippen molar-refractivity contribution in [3.05, 3.63) is 0 Å². The first-order chi connectivity index (χ1) is 8.40. The van der Waals surface area contributed by atoms with Gasteiger partial charge in [0.2, 0.25) is 0 Å². The molecule has 0 radical (unpaired) electrons.